The number of nitrogens with zero attached hydrogens (tertiary/aromatic N) is 1. The Labute approximate surface area is 112 Å². The van der Waals surface area contributed by atoms with Crippen molar-refractivity contribution < 1.29 is 13.5 Å². The van der Waals surface area contributed by atoms with Crippen molar-refractivity contribution >= 4 is 0 Å². The van der Waals surface area contributed by atoms with Crippen LogP contribution in [0.4, 0.5) is 8.78 Å². The molecule has 1 N–H and O–H groups in total. The number of hydrogen-bond acceptors (Lipinski definition) is 3. The number of rotatable bonds is 6. The van der Waals surface area contributed by atoms with Gasteiger partial charge in [-0.2, -0.15) is 0 Å². The molecule has 0 aliphatic carbocycles. The summed E-state index contributed by atoms with van der Waals surface area (Å²) in [5.74, 6) is 0. The van der Waals surface area contributed by atoms with Crippen LogP contribution >= 0.6 is 0 Å². The Morgan fingerprint density at radius 2 is 2.05 bits per heavy atom. The highest BCUT2D eigenvalue weighted by Gasteiger charge is 2.09. The van der Waals surface area contributed by atoms with E-state index in [4.69, 9.17) is 4.74 Å². The second-order valence-corrected chi connectivity index (χ2v) is 4.68. The maximum absolute atomic E-state index is 12.5. The molecule has 0 bridgehead atoms. The fourth-order valence-electron chi connectivity index (χ4n) is 2.13. The van der Waals surface area contributed by atoms with Crippen LogP contribution in [-0.2, 0) is 11.3 Å². The zero-order valence-corrected chi connectivity index (χ0v) is 10.9. The summed E-state index contributed by atoms with van der Waals surface area (Å²) >= 11 is 0. The molecule has 1 aliphatic heterocycles. The zero-order valence-electron chi connectivity index (χ0n) is 10.9. The molecular formula is C14H20F2N2O. The van der Waals surface area contributed by atoms with Gasteiger partial charge in [0.1, 0.15) is 0 Å². The Bertz CT molecular complexity index is 381. The van der Waals surface area contributed by atoms with E-state index in [9.17, 15) is 8.78 Å². The lowest BCUT2D eigenvalue weighted by Crippen LogP contribution is -2.40. The van der Waals surface area contributed by atoms with Gasteiger partial charge in [0.15, 0.2) is 0 Å². The van der Waals surface area contributed by atoms with E-state index in [0.717, 1.165) is 45.0 Å². The summed E-state index contributed by atoms with van der Waals surface area (Å²) in [5.41, 5.74) is 0.993. The van der Waals surface area contributed by atoms with Crippen molar-refractivity contribution in [2.24, 2.45) is 0 Å². The Hall–Kier alpha value is -1.04. The van der Waals surface area contributed by atoms with Crippen LogP contribution in [0.3, 0.4) is 0 Å². The standard InChI is InChI=1S/C14H20F2N2O/c15-14(16)13-3-1-2-12(10-13)11-17-4-5-18-6-8-19-9-7-18/h1-3,10,14,17H,4-9,11H2. The number of alkyl halides is 2. The van der Waals surface area contributed by atoms with E-state index in [1.165, 1.54) is 6.07 Å². The van der Waals surface area contributed by atoms with Gasteiger partial charge in [-0.3, -0.25) is 4.90 Å². The second kappa shape index (κ2) is 7.53. The van der Waals surface area contributed by atoms with Gasteiger partial charge in [0.05, 0.1) is 13.2 Å². The van der Waals surface area contributed by atoms with Crippen LogP contribution < -0.4 is 5.32 Å². The highest BCUT2D eigenvalue weighted by Crippen LogP contribution is 2.19. The van der Waals surface area contributed by atoms with Gasteiger partial charge < -0.3 is 10.1 Å². The Kier molecular flexibility index (Phi) is 5.69. The number of ether oxygens (including phenoxy) is 1. The van der Waals surface area contributed by atoms with Gasteiger partial charge in [-0.05, 0) is 11.6 Å². The van der Waals surface area contributed by atoms with Crippen LogP contribution in [0.5, 0.6) is 0 Å². The highest BCUT2D eigenvalue weighted by molar-refractivity contribution is 5.24. The smallest absolute Gasteiger partial charge is 0.263 e. The highest BCUT2D eigenvalue weighted by atomic mass is 19.3. The maximum atomic E-state index is 12.5. The molecule has 0 unspecified atom stereocenters. The SMILES string of the molecule is FC(F)c1cccc(CNCCN2CCOCC2)c1. The van der Waals surface area contributed by atoms with E-state index in [2.05, 4.69) is 10.2 Å². The monoisotopic (exact) mass is 270 g/mol. The summed E-state index contributed by atoms with van der Waals surface area (Å²) in [6.07, 6.45) is -2.40. The van der Waals surface area contributed by atoms with Gasteiger partial charge >= 0.3 is 0 Å². The molecule has 0 spiro atoms. The summed E-state index contributed by atoms with van der Waals surface area (Å²) in [7, 11) is 0. The van der Waals surface area contributed by atoms with Crippen LogP contribution in [0.15, 0.2) is 24.3 Å². The minimum atomic E-state index is -2.40. The fraction of sp³-hybridized carbons (Fsp3) is 0.571. The average Bonchev–Trinajstić information content (AvgIpc) is 2.45. The summed E-state index contributed by atoms with van der Waals surface area (Å²) in [5, 5.41) is 3.29. The number of nitrogens with one attached hydrogen (secondary N) is 1. The van der Waals surface area contributed by atoms with Gasteiger partial charge in [-0.25, -0.2) is 8.78 Å². The molecule has 1 aromatic carbocycles. The molecule has 0 amide bonds. The zero-order chi connectivity index (χ0) is 13.5. The van der Waals surface area contributed by atoms with Crippen molar-refractivity contribution in [3.8, 4) is 0 Å². The first-order chi connectivity index (χ1) is 9.25. The first-order valence-electron chi connectivity index (χ1n) is 6.63. The normalized spacial score (nSPS) is 17.0. The molecule has 0 radical (unpaired) electrons. The first-order valence-corrected chi connectivity index (χ1v) is 6.63. The van der Waals surface area contributed by atoms with E-state index in [0.29, 0.717) is 6.54 Å². The molecule has 19 heavy (non-hydrogen) atoms. The third-order valence-electron chi connectivity index (χ3n) is 3.24. The van der Waals surface area contributed by atoms with E-state index >= 15 is 0 Å². The molecule has 1 saturated heterocycles. The van der Waals surface area contributed by atoms with E-state index < -0.39 is 6.43 Å². The van der Waals surface area contributed by atoms with E-state index in [1.807, 2.05) is 6.07 Å². The van der Waals surface area contributed by atoms with Gasteiger partial charge in [-0.1, -0.05) is 18.2 Å². The van der Waals surface area contributed by atoms with E-state index in [1.54, 1.807) is 12.1 Å². The third-order valence-corrected chi connectivity index (χ3v) is 3.24. The van der Waals surface area contributed by atoms with Crippen LogP contribution in [0, 0.1) is 0 Å². The summed E-state index contributed by atoms with van der Waals surface area (Å²) in [4.78, 5) is 2.34. The molecule has 1 aromatic rings. The summed E-state index contributed by atoms with van der Waals surface area (Å²) < 4.78 is 30.4. The minimum Gasteiger partial charge on any atom is -0.379 e. The lowest BCUT2D eigenvalue weighted by atomic mass is 10.1. The molecule has 1 fully saturated rings. The molecular weight excluding hydrogens is 250 g/mol. The average molecular weight is 270 g/mol. The van der Waals surface area contributed by atoms with Crippen LogP contribution in [0.2, 0.25) is 0 Å². The minimum absolute atomic E-state index is 0.0903. The molecule has 106 valence electrons. The molecule has 0 saturated carbocycles. The molecule has 0 aromatic heterocycles. The number of hydrogen-bond donors (Lipinski definition) is 1. The van der Waals surface area contributed by atoms with Crippen LogP contribution in [-0.4, -0.2) is 44.3 Å². The predicted molar refractivity (Wildman–Crippen MR) is 70.4 cm³/mol. The molecule has 1 aliphatic rings. The molecule has 0 atom stereocenters. The van der Waals surface area contributed by atoms with Crippen molar-refractivity contribution in [2.45, 2.75) is 13.0 Å². The van der Waals surface area contributed by atoms with Crippen molar-refractivity contribution in [3.05, 3.63) is 35.4 Å². The summed E-state index contributed by atoms with van der Waals surface area (Å²) in [6.45, 7) is 6.01. The van der Waals surface area contributed by atoms with Gasteiger partial charge in [-0.15, -0.1) is 0 Å². The predicted octanol–water partition coefficient (Wildman–Crippen LogP) is 2.05. The molecule has 3 nitrogen and oxygen atoms in total. The van der Waals surface area contributed by atoms with Crippen LogP contribution in [0.1, 0.15) is 17.6 Å². The van der Waals surface area contributed by atoms with Crippen molar-refractivity contribution in [3.63, 3.8) is 0 Å². The lowest BCUT2D eigenvalue weighted by molar-refractivity contribution is 0.0384. The molecule has 5 heteroatoms. The molecule has 2 rings (SSSR count). The van der Waals surface area contributed by atoms with Crippen molar-refractivity contribution in [2.75, 3.05) is 39.4 Å². The Balaban J connectivity index is 1.68. The quantitative estimate of drug-likeness (QED) is 0.801. The summed E-state index contributed by atoms with van der Waals surface area (Å²) in [6, 6.07) is 6.57. The first kappa shape index (κ1) is 14.4. The number of halogens is 2. The number of benzene rings is 1. The lowest BCUT2D eigenvalue weighted by Gasteiger charge is -2.26. The topological polar surface area (TPSA) is 24.5 Å². The third kappa shape index (κ3) is 4.86. The van der Waals surface area contributed by atoms with Gasteiger partial charge in [0.2, 0.25) is 0 Å². The van der Waals surface area contributed by atoms with Crippen molar-refractivity contribution in [1.29, 1.82) is 0 Å². The fourth-order valence-corrected chi connectivity index (χ4v) is 2.13. The van der Waals surface area contributed by atoms with Crippen molar-refractivity contribution in [1.82, 2.24) is 10.2 Å². The van der Waals surface area contributed by atoms with Gasteiger partial charge in [0, 0.05) is 38.3 Å². The Morgan fingerprint density at radius 1 is 1.26 bits per heavy atom. The maximum Gasteiger partial charge on any atom is 0.263 e. The largest absolute Gasteiger partial charge is 0.379 e. The van der Waals surface area contributed by atoms with Gasteiger partial charge in [0.25, 0.3) is 6.43 Å². The van der Waals surface area contributed by atoms with Crippen LogP contribution in [0.25, 0.3) is 0 Å². The second-order valence-electron chi connectivity index (χ2n) is 4.68. The van der Waals surface area contributed by atoms with E-state index in [-0.39, 0.29) is 5.56 Å². The Morgan fingerprint density at radius 3 is 2.79 bits per heavy atom. The molecule has 1 heterocycles. The number of morpholine rings is 1.